The molecule has 2 heterocycles. The van der Waals surface area contributed by atoms with Gasteiger partial charge in [-0.25, -0.2) is 4.79 Å². The molecule has 2 N–H and O–H groups in total. The molecule has 0 radical (unpaired) electrons. The van der Waals surface area contributed by atoms with Crippen molar-refractivity contribution in [3.8, 4) is 5.75 Å². The summed E-state index contributed by atoms with van der Waals surface area (Å²) in [6.45, 7) is 6.41. The lowest BCUT2D eigenvalue weighted by atomic mass is 9.53. The molecule has 6 heteroatoms. The molecular formula is C26H37N3O3. The Kier molecular flexibility index (Phi) is 5.05. The molecular weight excluding hydrogens is 402 g/mol. The Morgan fingerprint density at radius 1 is 1.06 bits per heavy atom. The van der Waals surface area contributed by atoms with Gasteiger partial charge in [-0.15, -0.1) is 0 Å². The van der Waals surface area contributed by atoms with E-state index in [2.05, 4.69) is 39.4 Å². The second kappa shape index (κ2) is 7.82. The quantitative estimate of drug-likeness (QED) is 0.754. The Morgan fingerprint density at radius 3 is 2.53 bits per heavy atom. The van der Waals surface area contributed by atoms with Crippen molar-refractivity contribution in [3.05, 3.63) is 24.3 Å². The van der Waals surface area contributed by atoms with Crippen LogP contribution in [0.4, 0.5) is 10.5 Å². The van der Waals surface area contributed by atoms with E-state index in [1.807, 2.05) is 6.92 Å². The van der Waals surface area contributed by atoms with Gasteiger partial charge in [0.25, 0.3) is 0 Å². The van der Waals surface area contributed by atoms with E-state index in [-0.39, 0.29) is 17.7 Å². The third-order valence-corrected chi connectivity index (χ3v) is 9.23. The fraction of sp³-hybridized carbons (Fsp3) is 0.731. The van der Waals surface area contributed by atoms with Crippen molar-refractivity contribution in [2.75, 3.05) is 37.7 Å². The summed E-state index contributed by atoms with van der Waals surface area (Å²) in [6.07, 6.45) is 6.31. The first kappa shape index (κ1) is 20.6. The van der Waals surface area contributed by atoms with Gasteiger partial charge in [-0.3, -0.25) is 0 Å². The molecule has 3 bridgehead atoms. The number of aliphatic hydroxyl groups is 1. The average molecular weight is 440 g/mol. The smallest absolute Gasteiger partial charge is 0.317 e. The number of aliphatic hydroxyl groups excluding tert-OH is 1. The molecule has 5 aliphatic rings. The average Bonchev–Trinajstić information content (AvgIpc) is 3.33. The summed E-state index contributed by atoms with van der Waals surface area (Å²) in [5.41, 5.74) is 1.07. The molecule has 2 aliphatic heterocycles. The van der Waals surface area contributed by atoms with Gasteiger partial charge < -0.3 is 25.0 Å². The Balaban J connectivity index is 1.07. The van der Waals surface area contributed by atoms with Crippen molar-refractivity contribution < 1.29 is 14.6 Å². The number of nitrogens with one attached hydrogen (secondary N) is 1. The number of nitrogens with zero attached hydrogens (tertiary/aromatic N) is 2. The number of anilines is 1. The van der Waals surface area contributed by atoms with Crippen LogP contribution in [-0.4, -0.2) is 60.5 Å². The molecule has 32 heavy (non-hydrogen) atoms. The number of urea groups is 1. The lowest BCUT2D eigenvalue weighted by Gasteiger charge is -2.56. The largest absolute Gasteiger partial charge is 0.494 e. The molecule has 5 fully saturated rings. The fourth-order valence-electron chi connectivity index (χ4n) is 7.92. The first-order valence-electron chi connectivity index (χ1n) is 12.7. The molecule has 3 aliphatic carbocycles. The van der Waals surface area contributed by atoms with Gasteiger partial charge in [-0.05, 0) is 87.5 Å². The number of ether oxygens (including phenoxy) is 1. The maximum Gasteiger partial charge on any atom is 0.317 e. The van der Waals surface area contributed by atoms with Crippen LogP contribution in [0.15, 0.2) is 24.3 Å². The van der Waals surface area contributed by atoms with Crippen molar-refractivity contribution >= 4 is 11.7 Å². The molecule has 1 aromatic carbocycles. The number of carbonyl (C=O) groups is 1. The predicted molar refractivity (Wildman–Crippen MR) is 124 cm³/mol. The summed E-state index contributed by atoms with van der Waals surface area (Å²) in [5.74, 6) is 3.81. The second-order valence-electron chi connectivity index (χ2n) is 11.3. The summed E-state index contributed by atoms with van der Waals surface area (Å²) in [7, 11) is 0. The summed E-state index contributed by atoms with van der Waals surface area (Å²) in [4.78, 5) is 17.8. The summed E-state index contributed by atoms with van der Waals surface area (Å²) in [6, 6.07) is 8.51. The van der Waals surface area contributed by atoms with Crippen LogP contribution < -0.4 is 15.0 Å². The lowest BCUT2D eigenvalue weighted by Crippen LogP contribution is -2.63. The Morgan fingerprint density at radius 2 is 1.81 bits per heavy atom. The van der Waals surface area contributed by atoms with Crippen LogP contribution in [0.3, 0.4) is 0 Å². The molecule has 6 nitrogen and oxygen atoms in total. The number of hydrogen-bond acceptors (Lipinski definition) is 4. The highest BCUT2D eigenvalue weighted by Gasteiger charge is 2.54. The van der Waals surface area contributed by atoms with Gasteiger partial charge >= 0.3 is 6.03 Å². The number of likely N-dealkylation sites (tertiary alicyclic amines) is 1. The first-order valence-corrected chi connectivity index (χ1v) is 12.7. The van der Waals surface area contributed by atoms with Gasteiger partial charge in [0.2, 0.25) is 0 Å². The van der Waals surface area contributed by atoms with E-state index in [0.29, 0.717) is 30.3 Å². The highest BCUT2D eigenvalue weighted by Crippen LogP contribution is 2.54. The van der Waals surface area contributed by atoms with Crippen molar-refractivity contribution in [1.82, 2.24) is 10.2 Å². The van der Waals surface area contributed by atoms with Crippen LogP contribution in [0.2, 0.25) is 0 Å². The Bertz CT molecular complexity index is 837. The molecule has 0 spiro atoms. The van der Waals surface area contributed by atoms with Gasteiger partial charge in [0.15, 0.2) is 0 Å². The van der Waals surface area contributed by atoms with Gasteiger partial charge in [-0.1, -0.05) is 0 Å². The number of rotatable bonds is 4. The van der Waals surface area contributed by atoms with E-state index < -0.39 is 0 Å². The number of carbonyl (C=O) groups excluding carboxylic acids is 1. The van der Waals surface area contributed by atoms with E-state index in [1.165, 1.54) is 24.9 Å². The molecule has 174 valence electrons. The maximum atomic E-state index is 13.3. The second-order valence-corrected chi connectivity index (χ2v) is 11.3. The van der Waals surface area contributed by atoms with Crippen LogP contribution in [0.5, 0.6) is 5.75 Å². The molecule has 2 amide bonds. The predicted octanol–water partition coefficient (Wildman–Crippen LogP) is 3.49. The molecule has 7 atom stereocenters. The topological polar surface area (TPSA) is 65.0 Å². The van der Waals surface area contributed by atoms with Crippen molar-refractivity contribution in [3.63, 3.8) is 0 Å². The van der Waals surface area contributed by atoms with E-state index in [0.717, 1.165) is 57.1 Å². The molecule has 5 unspecified atom stereocenters. The standard InChI is InChI=1S/C26H37N3O3/c1-2-32-22-6-4-21(5-7-22)28-13-19-15-29(16-20(19)14-28)25(31)27-26-10-17-3-8-23(24(30)12-26)18(9-17)11-26/h4-7,17-20,23-24,30H,2-3,8-16H2,1H3,(H,27,31)/t17?,18?,19-,20+,23?,24?,26?. The van der Waals surface area contributed by atoms with Gasteiger partial charge in [-0.2, -0.15) is 0 Å². The number of amides is 2. The molecule has 1 aromatic rings. The number of benzene rings is 1. The van der Waals surface area contributed by atoms with Crippen LogP contribution >= 0.6 is 0 Å². The van der Waals surface area contributed by atoms with Crippen molar-refractivity contribution in [1.29, 1.82) is 0 Å². The van der Waals surface area contributed by atoms with Gasteiger partial charge in [0.05, 0.1) is 12.7 Å². The Hall–Kier alpha value is -1.95. The van der Waals surface area contributed by atoms with Gasteiger partial charge in [0, 0.05) is 49.2 Å². The molecule has 6 rings (SSSR count). The fourth-order valence-corrected chi connectivity index (χ4v) is 7.92. The third-order valence-electron chi connectivity index (χ3n) is 9.23. The first-order chi connectivity index (χ1) is 15.5. The zero-order valence-corrected chi connectivity index (χ0v) is 19.2. The zero-order valence-electron chi connectivity index (χ0n) is 19.2. The zero-order chi connectivity index (χ0) is 21.9. The molecule has 0 aromatic heterocycles. The number of fused-ring (bicyclic) bond motifs is 3. The SMILES string of the molecule is CCOc1ccc(N2C[C@H]3CN(C(=O)NC45CC6CCC(C(O)C4)C(C6)C5)C[C@H]3C2)cc1. The van der Waals surface area contributed by atoms with E-state index in [9.17, 15) is 9.90 Å². The van der Waals surface area contributed by atoms with E-state index in [4.69, 9.17) is 4.74 Å². The highest BCUT2D eigenvalue weighted by molar-refractivity contribution is 5.75. The van der Waals surface area contributed by atoms with E-state index in [1.54, 1.807) is 0 Å². The lowest BCUT2D eigenvalue weighted by molar-refractivity contribution is -0.0807. The van der Waals surface area contributed by atoms with Crippen LogP contribution in [0.25, 0.3) is 0 Å². The van der Waals surface area contributed by atoms with Crippen molar-refractivity contribution in [2.45, 2.75) is 57.1 Å². The summed E-state index contributed by atoms with van der Waals surface area (Å²) < 4.78 is 5.57. The number of hydrogen-bond donors (Lipinski definition) is 2. The van der Waals surface area contributed by atoms with Gasteiger partial charge in [0.1, 0.15) is 5.75 Å². The van der Waals surface area contributed by atoms with Crippen LogP contribution in [0.1, 0.15) is 45.4 Å². The normalized spacial score (nSPS) is 39.8. The van der Waals surface area contributed by atoms with Crippen LogP contribution in [0, 0.1) is 29.6 Å². The van der Waals surface area contributed by atoms with Crippen LogP contribution in [-0.2, 0) is 0 Å². The third kappa shape index (κ3) is 3.55. The highest BCUT2D eigenvalue weighted by atomic mass is 16.5. The summed E-state index contributed by atoms with van der Waals surface area (Å²) >= 11 is 0. The molecule has 2 saturated heterocycles. The minimum atomic E-state index is -0.240. The minimum absolute atomic E-state index is 0.109. The Labute approximate surface area is 191 Å². The van der Waals surface area contributed by atoms with E-state index >= 15 is 0 Å². The maximum absolute atomic E-state index is 13.3. The monoisotopic (exact) mass is 439 g/mol. The molecule has 3 saturated carbocycles. The van der Waals surface area contributed by atoms with Crippen molar-refractivity contribution in [2.24, 2.45) is 29.6 Å². The summed E-state index contributed by atoms with van der Waals surface area (Å²) in [5, 5.41) is 14.3. The minimum Gasteiger partial charge on any atom is -0.494 e.